The van der Waals surface area contributed by atoms with E-state index < -0.39 is 65.0 Å². The summed E-state index contributed by atoms with van der Waals surface area (Å²) in [7, 11) is 5.03. The zero-order valence-corrected chi connectivity index (χ0v) is 56.9. The number of aromatic nitrogens is 1. The van der Waals surface area contributed by atoms with Crippen LogP contribution >= 0.6 is 21.6 Å². The van der Waals surface area contributed by atoms with Crippen molar-refractivity contribution >= 4 is 21.6 Å². The highest BCUT2D eigenvalue weighted by Gasteiger charge is 2.71. The van der Waals surface area contributed by atoms with Gasteiger partial charge in [0.1, 0.15) is 11.9 Å². The number of benzene rings is 3. The third-order valence-corrected chi connectivity index (χ3v) is 28.3. The Morgan fingerprint density at radius 2 is 1.61 bits per heavy atom. The average Bonchev–Trinajstić information content (AvgIpc) is 0.845. The highest BCUT2D eigenvalue weighted by Crippen LogP contribution is 2.76. The molecule has 11 aliphatic rings. The van der Waals surface area contributed by atoms with Crippen molar-refractivity contribution in [3.63, 3.8) is 0 Å². The number of nitrogens with two attached hydrogens (primary N) is 1. The Kier molecular flexibility index (Phi) is 18.9. The molecule has 4 bridgehead atoms. The van der Waals surface area contributed by atoms with E-state index in [1.54, 1.807) is 28.7 Å². The number of aromatic amines is 1. The van der Waals surface area contributed by atoms with Gasteiger partial charge < -0.3 is 61.3 Å². The maximum Gasteiger partial charge on any atom is 0.161 e. The number of fused-ring (bicyclic) bond motifs is 10. The van der Waals surface area contributed by atoms with Gasteiger partial charge in [-0.15, -0.1) is 0 Å². The molecule has 504 valence electrons. The van der Waals surface area contributed by atoms with E-state index in [2.05, 4.69) is 132 Å². The number of hydrogen-bond acceptors (Lipinski definition) is 13. The number of phenols is 1. The summed E-state index contributed by atoms with van der Waals surface area (Å²) in [5.74, 6) is 8.71. The Labute approximate surface area is 569 Å². The van der Waals surface area contributed by atoms with Gasteiger partial charge in [-0.1, -0.05) is 161 Å². The van der Waals surface area contributed by atoms with Crippen LogP contribution in [0.5, 0.6) is 11.5 Å². The van der Waals surface area contributed by atoms with Crippen LogP contribution < -0.4 is 15.8 Å². The minimum absolute atomic E-state index is 0.0248. The Balaban J connectivity index is 0.878. The first kappa shape index (κ1) is 65.5. The standard InChI is InChI=1S/C81H99N3O9S2/c1-3-46-33-51-36-69(89)71(93-72-37-52(34-54-17-11-30-83-54)55-28-31-84-79(82)65(55)45-95-94-44-53(42-85)78(72)91)39-62(51)63-38-70(90)74-49(35-61(46)63)27-29-80-41-64(47-13-5-4-6-14-47)77-60-23-22-59(57-19-9-10-20-58(57)60)75-56-18-8-7-15-48(56)21-24-66(75)81(77,73(80)43-86)40-50(16-12-32-92-2)76(80)68(88)26-25-67(74)87/h4-6,9-11,13-14,17,19-24,28,30,35-36,39-40,46,48-49,52-53,56,59-60,63-64,66-68,70,72-78,83-91H,3,7-8,12,15-16,18,25-26,31-34,37-38,41-45,82H2,1-2H3/t46-,48-,49+,52-,53-,56-,59+,60-,63-,64+,66-,67-,68-,70+,72+,73-,74-,75-,76-,77-,78+,80-,81+/m0/s1. The third-order valence-electron chi connectivity index (χ3n) is 25.9. The lowest BCUT2D eigenvalue weighted by molar-refractivity contribution is -0.153. The number of aromatic hydroxyl groups is 1. The lowest BCUT2D eigenvalue weighted by Gasteiger charge is -2.70. The maximum atomic E-state index is 13.5. The summed E-state index contributed by atoms with van der Waals surface area (Å²) in [5, 5.41) is 91.9. The first-order chi connectivity index (χ1) is 46.4. The highest BCUT2D eigenvalue weighted by atomic mass is 33.1. The molecule has 95 heavy (non-hydrogen) atoms. The predicted octanol–water partition coefficient (Wildman–Crippen LogP) is 12.3. The monoisotopic (exact) mass is 1320 g/mol. The molecule has 11 N–H and O–H groups in total. The minimum Gasteiger partial charge on any atom is -0.504 e. The van der Waals surface area contributed by atoms with Crippen LogP contribution in [0.1, 0.15) is 141 Å². The number of phenolic OH excluding ortho intramolecular Hbond substituents is 1. The highest BCUT2D eigenvalue weighted by molar-refractivity contribution is 8.76. The van der Waals surface area contributed by atoms with Gasteiger partial charge in [-0.3, -0.25) is 0 Å². The second-order valence-corrected chi connectivity index (χ2v) is 32.8. The summed E-state index contributed by atoms with van der Waals surface area (Å²) in [6.45, 7) is 2.99. The van der Waals surface area contributed by atoms with Crippen LogP contribution in [0.2, 0.25) is 0 Å². The van der Waals surface area contributed by atoms with Crippen molar-refractivity contribution in [2.24, 2.45) is 87.6 Å². The van der Waals surface area contributed by atoms with E-state index in [0.717, 1.165) is 46.4 Å². The van der Waals surface area contributed by atoms with Crippen LogP contribution in [-0.2, 0) is 17.6 Å². The van der Waals surface area contributed by atoms with Crippen molar-refractivity contribution in [2.75, 3.05) is 45.0 Å². The van der Waals surface area contributed by atoms with Crippen LogP contribution in [0.15, 0.2) is 156 Å². The molecule has 23 atom stereocenters. The molecule has 9 aliphatic carbocycles. The second-order valence-electron chi connectivity index (χ2n) is 30.3. The quantitative estimate of drug-likeness (QED) is 0.0277. The number of allylic oxidation sites excluding steroid dienone is 8. The van der Waals surface area contributed by atoms with Crippen LogP contribution in [-0.4, -0.2) is 116 Å². The van der Waals surface area contributed by atoms with Gasteiger partial charge in [-0.25, -0.2) is 0 Å². The van der Waals surface area contributed by atoms with Crippen LogP contribution in [0.4, 0.5) is 0 Å². The van der Waals surface area contributed by atoms with E-state index in [0.29, 0.717) is 87.3 Å². The van der Waals surface area contributed by atoms with E-state index in [1.807, 2.05) is 24.4 Å². The molecular weight excluding hydrogens is 1220 g/mol. The molecule has 2 aliphatic heterocycles. The summed E-state index contributed by atoms with van der Waals surface area (Å²) in [6, 6.07) is 28.3. The maximum absolute atomic E-state index is 13.5. The number of nitrogens with one attached hydrogen (secondary N) is 2. The van der Waals surface area contributed by atoms with Gasteiger partial charge in [0.05, 0.1) is 24.4 Å². The molecule has 0 amide bonds. The number of dihydropyridines is 1. The normalized spacial score (nSPS) is 39.3. The van der Waals surface area contributed by atoms with Crippen molar-refractivity contribution in [1.29, 1.82) is 0 Å². The van der Waals surface area contributed by atoms with E-state index in [9.17, 15) is 35.7 Å². The molecule has 3 fully saturated rings. The van der Waals surface area contributed by atoms with Gasteiger partial charge in [0.15, 0.2) is 11.5 Å². The van der Waals surface area contributed by atoms with Crippen molar-refractivity contribution in [3.05, 3.63) is 189 Å². The first-order valence-corrected chi connectivity index (χ1v) is 38.6. The lowest BCUT2D eigenvalue weighted by atomic mass is 9.33. The molecule has 14 heteroatoms. The molecule has 15 rings (SSSR count). The fourth-order valence-corrected chi connectivity index (χ4v) is 24.4. The Bertz CT molecular complexity index is 3700. The number of methoxy groups -OCH3 is 1. The summed E-state index contributed by atoms with van der Waals surface area (Å²) in [4.78, 5) is 3.40. The zero-order valence-electron chi connectivity index (χ0n) is 55.2. The van der Waals surface area contributed by atoms with E-state index in [4.69, 9.17) is 15.2 Å². The van der Waals surface area contributed by atoms with E-state index >= 15 is 0 Å². The largest absolute Gasteiger partial charge is 0.504 e. The van der Waals surface area contributed by atoms with Crippen LogP contribution in [0, 0.1) is 93.7 Å². The molecule has 12 nitrogen and oxygen atoms in total. The number of aliphatic hydroxyl groups excluding tert-OH is 6. The van der Waals surface area contributed by atoms with Crippen molar-refractivity contribution < 1.29 is 45.2 Å². The van der Waals surface area contributed by atoms with Gasteiger partial charge in [-0.05, 0) is 182 Å². The third kappa shape index (κ3) is 11.5. The summed E-state index contributed by atoms with van der Waals surface area (Å²) >= 11 is 0. The smallest absolute Gasteiger partial charge is 0.161 e. The molecule has 3 heterocycles. The second kappa shape index (κ2) is 27.3. The van der Waals surface area contributed by atoms with Crippen LogP contribution in [0.25, 0.3) is 0 Å². The predicted molar refractivity (Wildman–Crippen MR) is 377 cm³/mol. The zero-order chi connectivity index (χ0) is 65.3. The number of H-pyrrole nitrogens is 1. The number of hydrogen-bond donors (Lipinski definition) is 10. The fourth-order valence-electron chi connectivity index (χ4n) is 21.9. The van der Waals surface area contributed by atoms with Gasteiger partial charge in [-0.2, -0.15) is 0 Å². The van der Waals surface area contributed by atoms with E-state index in [-0.39, 0.29) is 90.3 Å². The number of aliphatic hydroxyl groups is 6. The van der Waals surface area contributed by atoms with Gasteiger partial charge in [0.25, 0.3) is 0 Å². The number of ether oxygens (including phenoxy) is 2. The first-order valence-electron chi connectivity index (χ1n) is 36.1. The lowest BCUT2D eigenvalue weighted by Crippen LogP contribution is -2.67. The molecule has 0 radical (unpaired) electrons. The van der Waals surface area contributed by atoms with Gasteiger partial charge >= 0.3 is 0 Å². The van der Waals surface area contributed by atoms with E-state index in [1.165, 1.54) is 47.9 Å². The average molecular weight is 1320 g/mol. The molecule has 1 aromatic heterocycles. The number of rotatable bonds is 12. The van der Waals surface area contributed by atoms with Crippen LogP contribution in [0.3, 0.4) is 0 Å². The summed E-state index contributed by atoms with van der Waals surface area (Å²) in [5.41, 5.74) is 16.7. The topological polar surface area (TPSA) is 214 Å². The Morgan fingerprint density at radius 1 is 0.811 bits per heavy atom. The molecular formula is C81H99N3O9S2. The molecule has 2 saturated carbocycles. The summed E-state index contributed by atoms with van der Waals surface area (Å²) < 4.78 is 13.0. The van der Waals surface area contributed by atoms with Crippen molar-refractivity contribution in [2.45, 2.75) is 151 Å². The molecule has 4 aromatic rings. The molecule has 3 aromatic carbocycles. The SMILES string of the molecule is CC[C@H]1Cc2cc(O)c(O[C@@H]3C[C@H](Cc4ccc[nH]4)C4=CCNC(N)=C4CSSC[C@H](CO)[C@H]3O)cc2[C@H]2C[C@@H](O)[C@H]3[C@H](C#C[C@@]45C[C@H](c6ccccc6)[C@@H]6[C@H]7C=C[C@H](c8ccccc87)[C@@H]7[C@H]8CCCC[C@H]8C=C[C@@H]7[C@]6(C=C(CCCOC)[C@H]4[C@@H](O)CC[C@@H]3O)[C@H]5CO)C=C12. The van der Waals surface area contributed by atoms with Gasteiger partial charge in [0.2, 0.25) is 0 Å². The molecule has 2 spiro atoms. The Hall–Kier alpha value is -5.44. The summed E-state index contributed by atoms with van der Waals surface area (Å²) in [6.07, 6.45) is 24.9. The molecule has 1 saturated heterocycles. The van der Waals surface area contributed by atoms with Crippen molar-refractivity contribution in [3.8, 4) is 23.3 Å². The molecule has 0 unspecified atom stereocenters. The fraction of sp³-hybridized carbons (Fsp3) is 0.556. The minimum atomic E-state index is -1.10. The van der Waals surface area contributed by atoms with Gasteiger partial charge in [0, 0.05) is 121 Å². The van der Waals surface area contributed by atoms with Crippen molar-refractivity contribution in [1.82, 2.24) is 10.3 Å². The Morgan fingerprint density at radius 3 is 2.40 bits per heavy atom.